The Labute approximate surface area is 143 Å². The highest BCUT2D eigenvalue weighted by Crippen LogP contribution is 2.50. The Morgan fingerprint density at radius 3 is 2.72 bits per heavy atom. The molecule has 2 aliphatic carbocycles. The molecule has 0 saturated heterocycles. The zero-order valence-corrected chi connectivity index (χ0v) is 13.4. The molecule has 0 amide bonds. The van der Waals surface area contributed by atoms with Crippen molar-refractivity contribution in [3.63, 3.8) is 0 Å². The number of fused-ring (bicyclic) bond motifs is 2. The molecule has 25 heavy (non-hydrogen) atoms. The molecule has 2 heterocycles. The van der Waals surface area contributed by atoms with Gasteiger partial charge in [0.25, 0.3) is 5.92 Å². The predicted molar refractivity (Wildman–Crippen MR) is 90.4 cm³/mol. The number of halogens is 2. The molecule has 3 aromatic rings. The summed E-state index contributed by atoms with van der Waals surface area (Å²) in [6, 6.07) is 10.2. The summed E-state index contributed by atoms with van der Waals surface area (Å²) in [5.41, 5.74) is 5.32. The fourth-order valence-electron chi connectivity index (χ4n) is 3.66. The van der Waals surface area contributed by atoms with Gasteiger partial charge in [-0.3, -0.25) is 4.40 Å². The Kier molecular flexibility index (Phi) is 2.90. The summed E-state index contributed by atoms with van der Waals surface area (Å²) in [5, 5.41) is 15.6. The standard InChI is InChI=1S/C19H16F2N4/c20-19(21)9-15(19)8-18-24-23-17-7-12(3-4-25(17)18)11-1-2-16-13(5-11)6-14(16)10-22/h1-5,7,10,14-15,22H,6,8-9H2. The van der Waals surface area contributed by atoms with E-state index in [2.05, 4.69) is 28.4 Å². The molecule has 0 radical (unpaired) electrons. The molecule has 0 bridgehead atoms. The van der Waals surface area contributed by atoms with Gasteiger partial charge in [0.05, 0.1) is 0 Å². The average molecular weight is 338 g/mol. The summed E-state index contributed by atoms with van der Waals surface area (Å²) in [7, 11) is 0. The van der Waals surface area contributed by atoms with Gasteiger partial charge < -0.3 is 5.41 Å². The molecular formula is C19H16F2N4. The number of nitrogens with one attached hydrogen (secondary N) is 1. The van der Waals surface area contributed by atoms with Crippen LogP contribution in [-0.4, -0.2) is 26.7 Å². The second-order valence-electron chi connectivity index (χ2n) is 7.02. The molecule has 1 N–H and O–H groups in total. The van der Waals surface area contributed by atoms with E-state index in [0.29, 0.717) is 11.5 Å². The van der Waals surface area contributed by atoms with Crippen molar-refractivity contribution in [3.05, 3.63) is 53.5 Å². The van der Waals surface area contributed by atoms with E-state index >= 15 is 0 Å². The lowest BCUT2D eigenvalue weighted by Gasteiger charge is -2.27. The summed E-state index contributed by atoms with van der Waals surface area (Å²) < 4.78 is 28.1. The zero-order valence-electron chi connectivity index (χ0n) is 13.4. The van der Waals surface area contributed by atoms with Crippen LogP contribution < -0.4 is 0 Å². The predicted octanol–water partition coefficient (Wildman–Crippen LogP) is 3.88. The first kappa shape index (κ1) is 14.7. The van der Waals surface area contributed by atoms with Gasteiger partial charge in [-0.25, -0.2) is 8.78 Å². The van der Waals surface area contributed by atoms with Crippen LogP contribution in [0.3, 0.4) is 0 Å². The molecule has 4 nitrogen and oxygen atoms in total. The van der Waals surface area contributed by atoms with Gasteiger partial charge in [0, 0.05) is 37.1 Å². The van der Waals surface area contributed by atoms with E-state index < -0.39 is 11.8 Å². The van der Waals surface area contributed by atoms with Gasteiger partial charge in [-0.15, -0.1) is 10.2 Å². The van der Waals surface area contributed by atoms with E-state index in [1.807, 2.05) is 18.3 Å². The molecule has 126 valence electrons. The minimum Gasteiger partial charge on any atom is -0.312 e. The topological polar surface area (TPSA) is 54.0 Å². The Balaban J connectivity index is 1.45. The van der Waals surface area contributed by atoms with Crippen molar-refractivity contribution in [2.24, 2.45) is 5.92 Å². The van der Waals surface area contributed by atoms with Gasteiger partial charge in [-0.2, -0.15) is 0 Å². The van der Waals surface area contributed by atoms with Gasteiger partial charge in [0.2, 0.25) is 0 Å². The smallest absolute Gasteiger partial charge is 0.252 e. The van der Waals surface area contributed by atoms with E-state index in [-0.39, 0.29) is 18.8 Å². The maximum Gasteiger partial charge on any atom is 0.252 e. The normalized spacial score (nSPS) is 23.1. The van der Waals surface area contributed by atoms with Crippen molar-refractivity contribution in [2.75, 3.05) is 0 Å². The van der Waals surface area contributed by atoms with Crippen molar-refractivity contribution < 1.29 is 8.78 Å². The Morgan fingerprint density at radius 1 is 1.20 bits per heavy atom. The lowest BCUT2D eigenvalue weighted by molar-refractivity contribution is 0.0984. The minimum absolute atomic E-state index is 0.0497. The van der Waals surface area contributed by atoms with Crippen LogP contribution in [0.25, 0.3) is 16.8 Å². The molecule has 0 aliphatic heterocycles. The monoisotopic (exact) mass is 338 g/mol. The lowest BCUT2D eigenvalue weighted by atomic mass is 9.77. The van der Waals surface area contributed by atoms with Crippen LogP contribution >= 0.6 is 0 Å². The maximum atomic E-state index is 13.1. The number of alkyl halides is 2. The molecule has 1 fully saturated rings. The van der Waals surface area contributed by atoms with Crippen LogP contribution in [0, 0.1) is 11.3 Å². The Morgan fingerprint density at radius 2 is 2.00 bits per heavy atom. The maximum absolute atomic E-state index is 13.1. The van der Waals surface area contributed by atoms with Crippen molar-refractivity contribution in [1.82, 2.24) is 14.6 Å². The number of nitrogens with zero attached hydrogens (tertiary/aromatic N) is 3. The first-order valence-corrected chi connectivity index (χ1v) is 8.40. The number of hydrogen-bond acceptors (Lipinski definition) is 3. The molecule has 2 aliphatic rings. The zero-order chi connectivity index (χ0) is 17.2. The van der Waals surface area contributed by atoms with Gasteiger partial charge in [-0.05, 0) is 40.8 Å². The van der Waals surface area contributed by atoms with E-state index in [9.17, 15) is 8.78 Å². The number of hydrogen-bond donors (Lipinski definition) is 1. The first-order valence-electron chi connectivity index (χ1n) is 8.40. The van der Waals surface area contributed by atoms with Crippen LogP contribution in [-0.2, 0) is 12.8 Å². The van der Waals surface area contributed by atoms with Gasteiger partial charge in [0.1, 0.15) is 5.82 Å². The summed E-state index contributed by atoms with van der Waals surface area (Å²) in [6.07, 6.45) is 4.48. The van der Waals surface area contributed by atoms with Crippen molar-refractivity contribution >= 4 is 11.9 Å². The van der Waals surface area contributed by atoms with Crippen molar-refractivity contribution in [2.45, 2.75) is 31.1 Å². The van der Waals surface area contributed by atoms with E-state index in [1.54, 1.807) is 4.40 Å². The lowest BCUT2D eigenvalue weighted by Crippen LogP contribution is -2.17. The van der Waals surface area contributed by atoms with E-state index in [0.717, 1.165) is 17.5 Å². The summed E-state index contributed by atoms with van der Waals surface area (Å²) in [4.78, 5) is 0. The van der Waals surface area contributed by atoms with Crippen molar-refractivity contribution in [3.8, 4) is 11.1 Å². The third-order valence-corrected chi connectivity index (χ3v) is 5.38. The van der Waals surface area contributed by atoms with Crippen LogP contribution in [0.15, 0.2) is 36.5 Å². The molecule has 2 atom stereocenters. The Hall–Kier alpha value is -2.63. The van der Waals surface area contributed by atoms with Gasteiger partial charge >= 0.3 is 0 Å². The van der Waals surface area contributed by atoms with E-state index in [4.69, 9.17) is 5.41 Å². The molecule has 6 heteroatoms. The summed E-state index contributed by atoms with van der Waals surface area (Å²) >= 11 is 0. The number of aromatic nitrogens is 3. The second kappa shape index (κ2) is 4.94. The molecular weight excluding hydrogens is 322 g/mol. The average Bonchev–Trinajstić information content (AvgIpc) is 2.99. The van der Waals surface area contributed by atoms with Crippen molar-refractivity contribution in [1.29, 1.82) is 5.41 Å². The molecule has 0 spiro atoms. The highest BCUT2D eigenvalue weighted by Gasteiger charge is 2.56. The number of pyridine rings is 1. The summed E-state index contributed by atoms with van der Waals surface area (Å²) in [6.45, 7) is 0. The van der Waals surface area contributed by atoms with Crippen LogP contribution in [0.4, 0.5) is 8.78 Å². The van der Waals surface area contributed by atoms with Gasteiger partial charge in [-0.1, -0.05) is 18.2 Å². The molecule has 5 rings (SSSR count). The van der Waals surface area contributed by atoms with Gasteiger partial charge in [0.15, 0.2) is 5.65 Å². The highest BCUT2D eigenvalue weighted by molar-refractivity contribution is 5.75. The van der Waals surface area contributed by atoms with Crippen LogP contribution in [0.5, 0.6) is 0 Å². The quantitative estimate of drug-likeness (QED) is 0.734. The largest absolute Gasteiger partial charge is 0.312 e. The molecule has 2 aromatic heterocycles. The second-order valence-corrected chi connectivity index (χ2v) is 7.02. The number of rotatable bonds is 4. The molecule has 1 aromatic carbocycles. The minimum atomic E-state index is -2.54. The Bertz CT molecular complexity index is 1010. The third-order valence-electron chi connectivity index (χ3n) is 5.38. The highest BCUT2D eigenvalue weighted by atomic mass is 19.3. The molecule has 1 saturated carbocycles. The first-order chi connectivity index (χ1) is 12.0. The SMILES string of the molecule is N=CC1Cc2cc(-c3ccn4c(CC5CC5(F)F)nnc4c3)ccc21. The molecule has 2 unspecified atom stereocenters. The fraction of sp³-hybridized carbons (Fsp3) is 0.316. The van der Waals surface area contributed by atoms with Crippen LogP contribution in [0.1, 0.15) is 29.3 Å². The third kappa shape index (κ3) is 2.27. The van der Waals surface area contributed by atoms with Crippen LogP contribution in [0.2, 0.25) is 0 Å². The fourth-order valence-corrected chi connectivity index (χ4v) is 3.66. The van der Waals surface area contributed by atoms with E-state index in [1.165, 1.54) is 17.3 Å². The summed E-state index contributed by atoms with van der Waals surface area (Å²) in [5.74, 6) is -2.29. The number of benzene rings is 1.